The van der Waals surface area contributed by atoms with Gasteiger partial charge >= 0.3 is 0 Å². The molecule has 27 heavy (non-hydrogen) atoms. The monoisotopic (exact) mass is 370 g/mol. The number of ether oxygens (including phenoxy) is 2. The summed E-state index contributed by atoms with van der Waals surface area (Å²) in [6, 6.07) is 0. The highest BCUT2D eigenvalue weighted by atomic mass is 16.5. The van der Waals surface area contributed by atoms with E-state index in [9.17, 15) is 4.79 Å². The van der Waals surface area contributed by atoms with Gasteiger partial charge in [0.05, 0.1) is 11.9 Å². The molecule has 0 spiro atoms. The van der Waals surface area contributed by atoms with Crippen molar-refractivity contribution in [3.05, 3.63) is 30.7 Å². The number of carbonyl (C=O) groups excluding carboxylic acids is 1. The minimum absolute atomic E-state index is 0.0634. The molecule has 2 saturated heterocycles. The average molecular weight is 370 g/mol. The number of likely N-dealkylation sites (tertiary alicyclic amines) is 1. The SMILES string of the molecule is C=CC(=O)N1C[C@H](Oc2ncnc3[nH]cc(C4CCOCC4)c23)C(C)(C)C1. The molecule has 144 valence electrons. The van der Waals surface area contributed by atoms with E-state index in [0.29, 0.717) is 24.9 Å². The Bertz CT molecular complexity index is 854. The first kappa shape index (κ1) is 18.0. The number of H-pyrrole nitrogens is 1. The number of rotatable bonds is 4. The zero-order valence-electron chi connectivity index (χ0n) is 15.9. The lowest BCUT2D eigenvalue weighted by atomic mass is 9.89. The summed E-state index contributed by atoms with van der Waals surface area (Å²) >= 11 is 0. The van der Waals surface area contributed by atoms with Gasteiger partial charge in [-0.3, -0.25) is 4.79 Å². The maximum absolute atomic E-state index is 12.0. The van der Waals surface area contributed by atoms with Gasteiger partial charge in [-0.05, 0) is 30.4 Å². The first-order valence-corrected chi connectivity index (χ1v) is 9.47. The molecule has 0 radical (unpaired) electrons. The van der Waals surface area contributed by atoms with Crippen LogP contribution >= 0.6 is 0 Å². The number of carbonyl (C=O) groups is 1. The Balaban J connectivity index is 1.65. The predicted octanol–water partition coefficient (Wildman–Crippen LogP) is 2.65. The largest absolute Gasteiger partial charge is 0.471 e. The van der Waals surface area contributed by atoms with Crippen LogP contribution in [0.25, 0.3) is 11.0 Å². The van der Waals surface area contributed by atoms with Crippen molar-refractivity contribution >= 4 is 16.9 Å². The molecular formula is C20H26N4O3. The molecule has 0 unspecified atom stereocenters. The maximum atomic E-state index is 12.0. The molecule has 2 aromatic rings. The quantitative estimate of drug-likeness (QED) is 0.837. The average Bonchev–Trinajstić information content (AvgIpc) is 3.23. The fourth-order valence-corrected chi connectivity index (χ4v) is 4.11. The third kappa shape index (κ3) is 3.32. The second kappa shape index (κ2) is 6.96. The summed E-state index contributed by atoms with van der Waals surface area (Å²) in [5, 5.41) is 0.952. The predicted molar refractivity (Wildman–Crippen MR) is 102 cm³/mol. The van der Waals surface area contributed by atoms with Gasteiger partial charge in [0, 0.05) is 31.4 Å². The zero-order valence-corrected chi connectivity index (χ0v) is 15.9. The van der Waals surface area contributed by atoms with E-state index in [4.69, 9.17) is 9.47 Å². The highest BCUT2D eigenvalue weighted by Gasteiger charge is 2.43. The van der Waals surface area contributed by atoms with Crippen LogP contribution in [0.5, 0.6) is 5.88 Å². The molecule has 4 rings (SSSR count). The van der Waals surface area contributed by atoms with E-state index in [1.54, 1.807) is 4.90 Å². The second-order valence-electron chi connectivity index (χ2n) is 8.05. The molecule has 0 aromatic carbocycles. The molecule has 2 aromatic heterocycles. The molecule has 1 atom stereocenters. The van der Waals surface area contributed by atoms with E-state index in [0.717, 1.165) is 37.1 Å². The van der Waals surface area contributed by atoms with Crippen LogP contribution in [-0.4, -0.2) is 58.2 Å². The van der Waals surface area contributed by atoms with Crippen LogP contribution in [0.1, 0.15) is 38.2 Å². The Morgan fingerprint density at radius 3 is 2.93 bits per heavy atom. The lowest BCUT2D eigenvalue weighted by Gasteiger charge is -2.26. The van der Waals surface area contributed by atoms with Crippen molar-refractivity contribution in [2.45, 2.75) is 38.7 Å². The molecule has 1 amide bonds. The van der Waals surface area contributed by atoms with Gasteiger partial charge in [-0.1, -0.05) is 20.4 Å². The number of nitrogens with one attached hydrogen (secondary N) is 1. The summed E-state index contributed by atoms with van der Waals surface area (Å²) < 4.78 is 11.9. The molecule has 7 nitrogen and oxygen atoms in total. The van der Waals surface area contributed by atoms with Crippen LogP contribution < -0.4 is 4.74 Å². The van der Waals surface area contributed by atoms with Gasteiger partial charge in [-0.15, -0.1) is 0 Å². The number of amides is 1. The number of hydrogen-bond acceptors (Lipinski definition) is 5. The van der Waals surface area contributed by atoms with Gasteiger partial charge in [-0.25, -0.2) is 9.97 Å². The minimum Gasteiger partial charge on any atom is -0.471 e. The van der Waals surface area contributed by atoms with E-state index in [1.165, 1.54) is 18.0 Å². The molecule has 2 aliphatic rings. The highest BCUT2D eigenvalue weighted by molar-refractivity contribution is 5.87. The molecule has 0 saturated carbocycles. The van der Waals surface area contributed by atoms with Crippen molar-refractivity contribution in [3.8, 4) is 5.88 Å². The highest BCUT2D eigenvalue weighted by Crippen LogP contribution is 2.38. The fraction of sp³-hybridized carbons (Fsp3) is 0.550. The molecule has 0 bridgehead atoms. The summed E-state index contributed by atoms with van der Waals surface area (Å²) in [4.78, 5) is 25.9. The number of hydrogen-bond donors (Lipinski definition) is 1. The minimum atomic E-state index is -0.176. The van der Waals surface area contributed by atoms with Crippen molar-refractivity contribution < 1.29 is 14.3 Å². The number of aromatic amines is 1. The molecule has 7 heteroatoms. The fourth-order valence-electron chi connectivity index (χ4n) is 4.11. The zero-order chi connectivity index (χ0) is 19.0. The van der Waals surface area contributed by atoms with Gasteiger partial charge in [0.1, 0.15) is 18.1 Å². The van der Waals surface area contributed by atoms with Gasteiger partial charge in [0.15, 0.2) is 0 Å². The van der Waals surface area contributed by atoms with Crippen molar-refractivity contribution in [3.63, 3.8) is 0 Å². The maximum Gasteiger partial charge on any atom is 0.246 e. The third-order valence-corrected chi connectivity index (χ3v) is 5.72. The van der Waals surface area contributed by atoms with Gasteiger partial charge in [-0.2, -0.15) is 0 Å². The van der Waals surface area contributed by atoms with Crippen LogP contribution in [0.2, 0.25) is 0 Å². The van der Waals surface area contributed by atoms with E-state index < -0.39 is 0 Å². The molecular weight excluding hydrogens is 344 g/mol. The topological polar surface area (TPSA) is 80.3 Å². The molecule has 1 N–H and O–H groups in total. The smallest absolute Gasteiger partial charge is 0.246 e. The van der Waals surface area contributed by atoms with Crippen LogP contribution in [-0.2, 0) is 9.53 Å². The van der Waals surface area contributed by atoms with Crippen LogP contribution in [0, 0.1) is 5.41 Å². The van der Waals surface area contributed by atoms with E-state index in [1.807, 2.05) is 6.20 Å². The van der Waals surface area contributed by atoms with E-state index in [-0.39, 0.29) is 17.4 Å². The lowest BCUT2D eigenvalue weighted by Crippen LogP contribution is -2.33. The van der Waals surface area contributed by atoms with E-state index >= 15 is 0 Å². The number of aromatic nitrogens is 3. The number of fused-ring (bicyclic) bond motifs is 1. The summed E-state index contributed by atoms with van der Waals surface area (Å²) in [6.45, 7) is 10.5. The van der Waals surface area contributed by atoms with Crippen LogP contribution in [0.15, 0.2) is 25.2 Å². The van der Waals surface area contributed by atoms with Crippen molar-refractivity contribution in [1.82, 2.24) is 19.9 Å². The van der Waals surface area contributed by atoms with Crippen LogP contribution in [0.3, 0.4) is 0 Å². The Hall–Kier alpha value is -2.41. The first-order valence-electron chi connectivity index (χ1n) is 9.47. The lowest BCUT2D eigenvalue weighted by molar-refractivity contribution is -0.125. The first-order chi connectivity index (χ1) is 13.0. The molecule has 2 aliphatic heterocycles. The van der Waals surface area contributed by atoms with Crippen molar-refractivity contribution in [2.75, 3.05) is 26.3 Å². The Labute approximate surface area is 158 Å². The van der Waals surface area contributed by atoms with Gasteiger partial charge < -0.3 is 19.4 Å². The van der Waals surface area contributed by atoms with Gasteiger partial charge in [0.25, 0.3) is 0 Å². The number of nitrogens with zero attached hydrogens (tertiary/aromatic N) is 3. The summed E-state index contributed by atoms with van der Waals surface area (Å²) in [5.41, 5.74) is 1.81. The molecule has 4 heterocycles. The normalized spacial score (nSPS) is 22.9. The second-order valence-corrected chi connectivity index (χ2v) is 8.05. The Morgan fingerprint density at radius 1 is 1.41 bits per heavy atom. The van der Waals surface area contributed by atoms with Crippen molar-refractivity contribution in [2.24, 2.45) is 5.41 Å². The molecule has 0 aliphatic carbocycles. The Morgan fingerprint density at radius 2 is 2.19 bits per heavy atom. The summed E-state index contributed by atoms with van der Waals surface area (Å²) in [6.07, 6.45) is 6.73. The van der Waals surface area contributed by atoms with Gasteiger partial charge in [0.2, 0.25) is 11.8 Å². The third-order valence-electron chi connectivity index (χ3n) is 5.72. The molecule has 2 fully saturated rings. The Kier molecular flexibility index (Phi) is 4.63. The van der Waals surface area contributed by atoms with Crippen molar-refractivity contribution in [1.29, 1.82) is 0 Å². The standard InChI is InChI=1S/C20H26N4O3/c1-4-16(25)24-10-15(20(2,3)11-24)27-19-17-14(13-5-7-26-8-6-13)9-21-18(17)22-12-23-19/h4,9,12-13,15H,1,5-8,10-11H2,2-3H3,(H,21,22,23)/t15-/m0/s1. The van der Waals surface area contributed by atoms with Crippen LogP contribution in [0.4, 0.5) is 0 Å². The summed E-state index contributed by atoms with van der Waals surface area (Å²) in [7, 11) is 0. The van der Waals surface area contributed by atoms with E-state index in [2.05, 4.69) is 35.4 Å². The summed E-state index contributed by atoms with van der Waals surface area (Å²) in [5.74, 6) is 0.941.